The molecule has 0 bridgehead atoms. The van der Waals surface area contributed by atoms with E-state index in [1.165, 1.54) is 10.4 Å². The van der Waals surface area contributed by atoms with E-state index in [2.05, 4.69) is 16.8 Å². The summed E-state index contributed by atoms with van der Waals surface area (Å²) in [4.78, 5) is 1.41. The number of nitrogens with one attached hydrogen (secondary N) is 1. The molecule has 1 unspecified atom stereocenters. The van der Waals surface area contributed by atoms with E-state index in [-0.39, 0.29) is 0 Å². The zero-order valence-corrected chi connectivity index (χ0v) is 9.99. The number of fused-ring (bicyclic) bond motifs is 1. The van der Waals surface area contributed by atoms with Crippen molar-refractivity contribution in [1.82, 2.24) is 5.32 Å². The minimum atomic E-state index is 0.291. The van der Waals surface area contributed by atoms with Crippen LogP contribution in [0.4, 0.5) is 0 Å². The molecule has 1 atom stereocenters. The van der Waals surface area contributed by atoms with Crippen LogP contribution in [0.3, 0.4) is 0 Å². The van der Waals surface area contributed by atoms with Crippen molar-refractivity contribution in [2.45, 2.75) is 26.4 Å². The van der Waals surface area contributed by atoms with E-state index in [1.807, 2.05) is 32.2 Å². The average Bonchev–Trinajstić information content (AvgIpc) is 2.70. The molecule has 1 aliphatic rings. The summed E-state index contributed by atoms with van der Waals surface area (Å²) < 4.78 is 5.65. The van der Waals surface area contributed by atoms with Crippen LogP contribution in [0.2, 0.25) is 0 Å². The quantitative estimate of drug-likeness (QED) is 0.815. The van der Waals surface area contributed by atoms with Gasteiger partial charge in [-0.15, -0.1) is 11.3 Å². The molecule has 0 amide bonds. The molecule has 0 aromatic carbocycles. The number of hydrogen-bond acceptors (Lipinski definition) is 3. The maximum atomic E-state index is 5.65. The lowest BCUT2D eigenvalue weighted by atomic mass is 10.1. The SMILES string of the molecule is CC.CNCC1OCCc2ccsc21. The Labute approximate surface area is 90.3 Å². The van der Waals surface area contributed by atoms with E-state index < -0.39 is 0 Å². The zero-order chi connectivity index (χ0) is 10.4. The standard InChI is InChI=1S/C9H13NOS.C2H6/c1-10-6-8-9-7(2-4-11-8)3-5-12-9;1-2/h3,5,8,10H,2,4,6H2,1H3;1-2H3. The predicted octanol–water partition coefficient (Wildman–Crippen LogP) is 2.61. The van der Waals surface area contributed by atoms with Crippen LogP contribution >= 0.6 is 11.3 Å². The van der Waals surface area contributed by atoms with E-state index in [1.54, 1.807) is 0 Å². The highest BCUT2D eigenvalue weighted by molar-refractivity contribution is 7.10. The predicted molar refractivity (Wildman–Crippen MR) is 62.0 cm³/mol. The van der Waals surface area contributed by atoms with Gasteiger partial charge in [0.1, 0.15) is 6.10 Å². The van der Waals surface area contributed by atoms with Gasteiger partial charge in [0.25, 0.3) is 0 Å². The second-order valence-electron chi connectivity index (χ2n) is 2.98. The van der Waals surface area contributed by atoms with E-state index >= 15 is 0 Å². The molecule has 2 rings (SSSR count). The highest BCUT2D eigenvalue weighted by Crippen LogP contribution is 2.30. The first-order chi connectivity index (χ1) is 6.92. The summed E-state index contributed by atoms with van der Waals surface area (Å²) >= 11 is 1.81. The normalized spacial score (nSPS) is 19.5. The summed E-state index contributed by atoms with van der Waals surface area (Å²) in [6.45, 7) is 5.80. The van der Waals surface area contributed by atoms with Gasteiger partial charge in [0.05, 0.1) is 6.61 Å². The van der Waals surface area contributed by atoms with Gasteiger partial charge in [0.2, 0.25) is 0 Å². The fraction of sp³-hybridized carbons (Fsp3) is 0.636. The summed E-state index contributed by atoms with van der Waals surface area (Å²) in [7, 11) is 1.96. The molecule has 0 saturated heterocycles. The van der Waals surface area contributed by atoms with Gasteiger partial charge >= 0.3 is 0 Å². The maximum absolute atomic E-state index is 5.65. The molecule has 0 saturated carbocycles. The number of thiophene rings is 1. The van der Waals surface area contributed by atoms with Gasteiger partial charge in [-0.25, -0.2) is 0 Å². The topological polar surface area (TPSA) is 21.3 Å². The molecule has 0 fully saturated rings. The summed E-state index contributed by atoms with van der Waals surface area (Å²) in [5, 5.41) is 5.30. The van der Waals surface area contributed by atoms with E-state index in [0.717, 1.165) is 19.6 Å². The summed E-state index contributed by atoms with van der Waals surface area (Å²) in [5.41, 5.74) is 1.48. The lowest BCUT2D eigenvalue weighted by Crippen LogP contribution is -2.23. The van der Waals surface area contributed by atoms with Crippen LogP contribution in [0.1, 0.15) is 30.4 Å². The van der Waals surface area contributed by atoms with Crippen molar-refractivity contribution in [1.29, 1.82) is 0 Å². The Morgan fingerprint density at radius 3 is 3.07 bits per heavy atom. The molecular weight excluding hydrogens is 194 g/mol. The highest BCUT2D eigenvalue weighted by Gasteiger charge is 2.20. The fourth-order valence-corrected chi connectivity index (χ4v) is 2.56. The molecule has 0 aliphatic carbocycles. The van der Waals surface area contributed by atoms with Crippen molar-refractivity contribution in [2.75, 3.05) is 20.2 Å². The second kappa shape index (κ2) is 6.17. The minimum Gasteiger partial charge on any atom is -0.371 e. The van der Waals surface area contributed by atoms with Crippen molar-refractivity contribution < 1.29 is 4.74 Å². The van der Waals surface area contributed by atoms with Crippen LogP contribution in [0.5, 0.6) is 0 Å². The van der Waals surface area contributed by atoms with Crippen LogP contribution in [-0.2, 0) is 11.2 Å². The number of hydrogen-bond donors (Lipinski definition) is 1. The van der Waals surface area contributed by atoms with Gasteiger partial charge in [-0.1, -0.05) is 13.8 Å². The Balaban J connectivity index is 0.000000461. The van der Waals surface area contributed by atoms with Crippen LogP contribution in [-0.4, -0.2) is 20.2 Å². The molecule has 0 spiro atoms. The lowest BCUT2D eigenvalue weighted by Gasteiger charge is -2.22. The van der Waals surface area contributed by atoms with Gasteiger partial charge in [-0.05, 0) is 30.5 Å². The molecule has 0 radical (unpaired) electrons. The van der Waals surface area contributed by atoms with Gasteiger partial charge in [0.15, 0.2) is 0 Å². The summed E-state index contributed by atoms with van der Waals surface area (Å²) in [6, 6.07) is 2.21. The largest absolute Gasteiger partial charge is 0.371 e. The molecule has 1 N–H and O–H groups in total. The van der Waals surface area contributed by atoms with E-state index in [9.17, 15) is 0 Å². The highest BCUT2D eigenvalue weighted by atomic mass is 32.1. The van der Waals surface area contributed by atoms with Gasteiger partial charge in [-0.2, -0.15) is 0 Å². The van der Waals surface area contributed by atoms with Crippen molar-refractivity contribution >= 4 is 11.3 Å². The van der Waals surface area contributed by atoms with E-state index in [4.69, 9.17) is 4.74 Å². The molecule has 2 heterocycles. The Hall–Kier alpha value is -0.380. The van der Waals surface area contributed by atoms with Crippen molar-refractivity contribution in [3.8, 4) is 0 Å². The van der Waals surface area contributed by atoms with Crippen molar-refractivity contribution in [3.05, 3.63) is 21.9 Å². The minimum absolute atomic E-state index is 0.291. The monoisotopic (exact) mass is 213 g/mol. The molecule has 80 valence electrons. The molecule has 1 aromatic rings. The maximum Gasteiger partial charge on any atom is 0.104 e. The number of rotatable bonds is 2. The Kier molecular flexibility index (Phi) is 5.15. The van der Waals surface area contributed by atoms with E-state index in [0.29, 0.717) is 6.10 Å². The van der Waals surface area contributed by atoms with Crippen LogP contribution in [0.15, 0.2) is 11.4 Å². The van der Waals surface area contributed by atoms with Crippen molar-refractivity contribution in [2.24, 2.45) is 0 Å². The van der Waals surface area contributed by atoms with Crippen LogP contribution in [0, 0.1) is 0 Å². The van der Waals surface area contributed by atoms with Gasteiger partial charge in [-0.3, -0.25) is 0 Å². The van der Waals surface area contributed by atoms with Crippen LogP contribution in [0.25, 0.3) is 0 Å². The Morgan fingerprint density at radius 1 is 1.57 bits per heavy atom. The van der Waals surface area contributed by atoms with Gasteiger partial charge in [0, 0.05) is 11.4 Å². The summed E-state index contributed by atoms with van der Waals surface area (Å²) in [5.74, 6) is 0. The third-order valence-corrected chi connectivity index (χ3v) is 3.20. The second-order valence-corrected chi connectivity index (χ2v) is 3.92. The molecule has 2 nitrogen and oxygen atoms in total. The zero-order valence-electron chi connectivity index (χ0n) is 9.17. The fourth-order valence-electron chi connectivity index (χ4n) is 1.56. The third-order valence-electron chi connectivity index (χ3n) is 2.15. The Morgan fingerprint density at radius 2 is 2.36 bits per heavy atom. The third kappa shape index (κ3) is 2.56. The number of ether oxygens (including phenoxy) is 1. The smallest absolute Gasteiger partial charge is 0.104 e. The summed E-state index contributed by atoms with van der Waals surface area (Å²) in [6.07, 6.45) is 1.37. The first kappa shape index (κ1) is 11.7. The molecule has 3 heteroatoms. The molecule has 14 heavy (non-hydrogen) atoms. The molecular formula is C11H19NOS. The van der Waals surface area contributed by atoms with Gasteiger partial charge < -0.3 is 10.1 Å². The van der Waals surface area contributed by atoms with Crippen molar-refractivity contribution in [3.63, 3.8) is 0 Å². The average molecular weight is 213 g/mol. The number of likely N-dealkylation sites (N-methyl/N-ethyl adjacent to an activating group) is 1. The first-order valence-corrected chi connectivity index (χ1v) is 6.12. The van der Waals surface area contributed by atoms with Crippen LogP contribution < -0.4 is 5.32 Å². The first-order valence-electron chi connectivity index (χ1n) is 5.24. The molecule has 1 aliphatic heterocycles. The Bertz CT molecular complexity index is 260. The molecule has 1 aromatic heterocycles. The lowest BCUT2D eigenvalue weighted by molar-refractivity contribution is 0.0469.